The zero-order valence-electron chi connectivity index (χ0n) is 8.10. The van der Waals surface area contributed by atoms with Gasteiger partial charge in [-0.25, -0.2) is 0 Å². The third kappa shape index (κ3) is 6.36. The average Bonchev–Trinajstić information content (AvgIpc) is 1.97. The Bertz CT molecular complexity index is 78.9. The molecule has 1 nitrogen and oxygen atoms in total. The minimum atomic E-state index is 0.346. The standard InChI is InChI=1S/C10H21O/c1-5-7-8-10(6-2)11-9(3)4/h9-10H,2,5-8H2,1,3-4H3. The highest BCUT2D eigenvalue weighted by Crippen LogP contribution is 2.10. The van der Waals surface area contributed by atoms with Crippen molar-refractivity contribution < 1.29 is 4.74 Å². The number of ether oxygens (including phenoxy) is 1. The molecule has 0 rings (SSSR count). The molecule has 0 saturated heterocycles. The van der Waals surface area contributed by atoms with Gasteiger partial charge in [0.1, 0.15) is 0 Å². The highest BCUT2D eigenvalue weighted by Gasteiger charge is 2.06. The molecule has 67 valence electrons. The molecular formula is C10H21O. The maximum atomic E-state index is 5.64. The van der Waals surface area contributed by atoms with Crippen LogP contribution >= 0.6 is 0 Å². The first-order valence-corrected chi connectivity index (χ1v) is 4.65. The van der Waals surface area contributed by atoms with Crippen LogP contribution in [0.3, 0.4) is 0 Å². The molecule has 11 heavy (non-hydrogen) atoms. The molecule has 0 aromatic heterocycles. The summed E-state index contributed by atoms with van der Waals surface area (Å²) in [5.74, 6) is 0. The molecule has 0 aromatic rings. The van der Waals surface area contributed by atoms with E-state index in [2.05, 4.69) is 27.7 Å². The Morgan fingerprint density at radius 2 is 2.00 bits per heavy atom. The lowest BCUT2D eigenvalue weighted by Crippen LogP contribution is -2.16. The Labute approximate surface area is 71.1 Å². The van der Waals surface area contributed by atoms with E-state index in [-0.39, 0.29) is 0 Å². The summed E-state index contributed by atoms with van der Waals surface area (Å²) in [5, 5.41) is 0. The summed E-state index contributed by atoms with van der Waals surface area (Å²) in [5.41, 5.74) is 0. The van der Waals surface area contributed by atoms with E-state index >= 15 is 0 Å². The van der Waals surface area contributed by atoms with Crippen LogP contribution in [0.1, 0.15) is 46.5 Å². The molecule has 1 heteroatoms. The third-order valence-corrected chi connectivity index (χ3v) is 1.67. The topological polar surface area (TPSA) is 9.23 Å². The summed E-state index contributed by atoms with van der Waals surface area (Å²) in [6.45, 7) is 10.2. The Hall–Kier alpha value is -0.0400. The first-order valence-electron chi connectivity index (χ1n) is 4.65. The third-order valence-electron chi connectivity index (χ3n) is 1.67. The molecule has 0 aliphatic rings. The Morgan fingerprint density at radius 3 is 2.36 bits per heavy atom. The van der Waals surface area contributed by atoms with E-state index in [1.807, 2.05) is 0 Å². The molecule has 0 spiro atoms. The van der Waals surface area contributed by atoms with Crippen LogP contribution < -0.4 is 0 Å². The van der Waals surface area contributed by atoms with Crippen molar-refractivity contribution in [1.29, 1.82) is 0 Å². The molecule has 0 aliphatic carbocycles. The van der Waals surface area contributed by atoms with E-state index in [0.29, 0.717) is 12.2 Å². The van der Waals surface area contributed by atoms with Crippen LogP contribution in [0.15, 0.2) is 0 Å². The molecule has 0 heterocycles. The maximum Gasteiger partial charge on any atom is 0.0578 e. The van der Waals surface area contributed by atoms with Gasteiger partial charge in [-0.2, -0.15) is 0 Å². The van der Waals surface area contributed by atoms with E-state index in [0.717, 1.165) is 12.8 Å². The average molecular weight is 157 g/mol. The van der Waals surface area contributed by atoms with Crippen molar-refractivity contribution in [2.24, 2.45) is 0 Å². The van der Waals surface area contributed by atoms with Crippen molar-refractivity contribution in [1.82, 2.24) is 0 Å². The smallest absolute Gasteiger partial charge is 0.0578 e. The molecule has 0 aliphatic heterocycles. The van der Waals surface area contributed by atoms with Crippen LogP contribution in [0.5, 0.6) is 0 Å². The van der Waals surface area contributed by atoms with Gasteiger partial charge in [0.05, 0.1) is 12.2 Å². The molecule has 0 aromatic carbocycles. The van der Waals surface area contributed by atoms with Gasteiger partial charge in [-0.3, -0.25) is 0 Å². The maximum absolute atomic E-state index is 5.64. The van der Waals surface area contributed by atoms with Gasteiger partial charge in [-0.05, 0) is 26.7 Å². The lowest BCUT2D eigenvalue weighted by Gasteiger charge is -2.18. The Balaban J connectivity index is 3.41. The van der Waals surface area contributed by atoms with Crippen molar-refractivity contribution in [3.63, 3.8) is 0 Å². The first kappa shape index (κ1) is 11.0. The van der Waals surface area contributed by atoms with E-state index in [4.69, 9.17) is 4.74 Å². The van der Waals surface area contributed by atoms with Crippen LogP contribution in [0, 0.1) is 6.92 Å². The minimum absolute atomic E-state index is 0.346. The van der Waals surface area contributed by atoms with Crippen molar-refractivity contribution in [2.45, 2.75) is 58.7 Å². The number of hydrogen-bond donors (Lipinski definition) is 0. The van der Waals surface area contributed by atoms with Gasteiger partial charge < -0.3 is 4.74 Å². The zero-order valence-corrected chi connectivity index (χ0v) is 8.10. The molecule has 0 N–H and O–H groups in total. The summed E-state index contributed by atoms with van der Waals surface area (Å²) in [6.07, 6.45) is 5.30. The van der Waals surface area contributed by atoms with Gasteiger partial charge >= 0.3 is 0 Å². The van der Waals surface area contributed by atoms with Crippen LogP contribution in [0.25, 0.3) is 0 Å². The quantitative estimate of drug-likeness (QED) is 0.575. The highest BCUT2D eigenvalue weighted by molar-refractivity contribution is 4.60. The lowest BCUT2D eigenvalue weighted by molar-refractivity contribution is 0.00372. The number of hydrogen-bond acceptors (Lipinski definition) is 1. The van der Waals surface area contributed by atoms with Crippen LogP contribution in [-0.2, 0) is 4.74 Å². The van der Waals surface area contributed by atoms with Crippen molar-refractivity contribution in [2.75, 3.05) is 0 Å². The summed E-state index contributed by atoms with van der Waals surface area (Å²) in [7, 11) is 0. The van der Waals surface area contributed by atoms with Gasteiger partial charge in [0.15, 0.2) is 0 Å². The molecule has 0 fully saturated rings. The first-order chi connectivity index (χ1) is 5.20. The number of rotatable bonds is 6. The Kier molecular flexibility index (Phi) is 6.63. The van der Waals surface area contributed by atoms with Crippen molar-refractivity contribution in [3.05, 3.63) is 6.92 Å². The fourth-order valence-corrected chi connectivity index (χ4v) is 1.10. The molecule has 1 radical (unpaired) electrons. The summed E-state index contributed by atoms with van der Waals surface area (Å²) in [4.78, 5) is 0. The molecule has 0 saturated carbocycles. The molecular weight excluding hydrogens is 136 g/mol. The lowest BCUT2D eigenvalue weighted by atomic mass is 10.1. The monoisotopic (exact) mass is 157 g/mol. The van der Waals surface area contributed by atoms with E-state index in [1.54, 1.807) is 0 Å². The fourth-order valence-electron chi connectivity index (χ4n) is 1.10. The normalized spacial score (nSPS) is 13.9. The second-order valence-corrected chi connectivity index (χ2v) is 3.24. The summed E-state index contributed by atoms with van der Waals surface area (Å²) < 4.78 is 5.64. The highest BCUT2D eigenvalue weighted by atomic mass is 16.5. The SMILES string of the molecule is [CH2]CC(CCCC)OC(C)C. The van der Waals surface area contributed by atoms with E-state index < -0.39 is 0 Å². The zero-order chi connectivity index (χ0) is 8.69. The minimum Gasteiger partial charge on any atom is -0.376 e. The van der Waals surface area contributed by atoms with Crippen molar-refractivity contribution in [3.8, 4) is 0 Å². The van der Waals surface area contributed by atoms with Crippen LogP contribution in [-0.4, -0.2) is 12.2 Å². The predicted molar refractivity (Wildman–Crippen MR) is 49.5 cm³/mol. The summed E-state index contributed by atoms with van der Waals surface area (Å²) in [6, 6.07) is 0. The van der Waals surface area contributed by atoms with Crippen molar-refractivity contribution >= 4 is 0 Å². The van der Waals surface area contributed by atoms with E-state index in [1.165, 1.54) is 12.8 Å². The van der Waals surface area contributed by atoms with Gasteiger partial charge in [-0.15, -0.1) is 0 Å². The second kappa shape index (κ2) is 6.66. The van der Waals surface area contributed by atoms with Gasteiger partial charge in [0.2, 0.25) is 0 Å². The molecule has 1 atom stereocenters. The Morgan fingerprint density at radius 1 is 1.36 bits per heavy atom. The van der Waals surface area contributed by atoms with Gasteiger partial charge in [0.25, 0.3) is 0 Å². The largest absolute Gasteiger partial charge is 0.376 e. The molecule has 0 bridgehead atoms. The molecule has 1 unspecified atom stereocenters. The second-order valence-electron chi connectivity index (χ2n) is 3.24. The fraction of sp³-hybridized carbons (Fsp3) is 0.900. The predicted octanol–water partition coefficient (Wildman–Crippen LogP) is 3.19. The number of unbranched alkanes of at least 4 members (excludes halogenated alkanes) is 1. The summed E-state index contributed by atoms with van der Waals surface area (Å²) >= 11 is 0. The van der Waals surface area contributed by atoms with Crippen LogP contribution in [0.4, 0.5) is 0 Å². The molecule has 0 amide bonds. The van der Waals surface area contributed by atoms with E-state index in [9.17, 15) is 0 Å². The van der Waals surface area contributed by atoms with Gasteiger partial charge in [-0.1, -0.05) is 26.7 Å². The van der Waals surface area contributed by atoms with Gasteiger partial charge in [0, 0.05) is 0 Å². The van der Waals surface area contributed by atoms with Crippen LogP contribution in [0.2, 0.25) is 0 Å².